The summed E-state index contributed by atoms with van der Waals surface area (Å²) in [7, 11) is 1.61. The molecule has 1 aromatic rings. The average Bonchev–Trinajstić information content (AvgIpc) is 2.63. The Kier molecular flexibility index (Phi) is 4.24. The highest BCUT2D eigenvalue weighted by atomic mass is 16.5. The molecule has 0 bridgehead atoms. The SMILES string of the molecule is CO/C=C/C=C/CNc1ccon1. The van der Waals surface area contributed by atoms with Gasteiger partial charge in [-0.1, -0.05) is 17.3 Å². The van der Waals surface area contributed by atoms with Crippen molar-refractivity contribution in [2.24, 2.45) is 0 Å². The van der Waals surface area contributed by atoms with Crippen molar-refractivity contribution in [1.82, 2.24) is 5.16 Å². The normalized spacial score (nSPS) is 11.2. The molecule has 0 aliphatic carbocycles. The molecule has 0 aromatic carbocycles. The van der Waals surface area contributed by atoms with E-state index in [4.69, 9.17) is 4.74 Å². The van der Waals surface area contributed by atoms with Gasteiger partial charge in [0.1, 0.15) is 6.26 Å². The Hall–Kier alpha value is -1.71. The van der Waals surface area contributed by atoms with E-state index >= 15 is 0 Å². The third-order valence-electron chi connectivity index (χ3n) is 1.30. The van der Waals surface area contributed by atoms with E-state index in [-0.39, 0.29) is 0 Å². The third-order valence-corrected chi connectivity index (χ3v) is 1.30. The third kappa shape index (κ3) is 4.00. The average molecular weight is 180 g/mol. The minimum atomic E-state index is 0.709. The molecule has 4 nitrogen and oxygen atoms in total. The summed E-state index contributed by atoms with van der Waals surface area (Å²) in [5, 5.41) is 6.72. The van der Waals surface area contributed by atoms with Gasteiger partial charge in [0.05, 0.1) is 13.4 Å². The Morgan fingerprint density at radius 3 is 3.23 bits per heavy atom. The number of methoxy groups -OCH3 is 1. The summed E-state index contributed by atoms with van der Waals surface area (Å²) in [6, 6.07) is 1.76. The molecule has 0 unspecified atom stereocenters. The molecule has 1 N–H and O–H groups in total. The van der Waals surface area contributed by atoms with Crippen LogP contribution in [0.1, 0.15) is 0 Å². The van der Waals surface area contributed by atoms with Crippen LogP contribution < -0.4 is 5.32 Å². The highest BCUT2D eigenvalue weighted by molar-refractivity contribution is 5.31. The highest BCUT2D eigenvalue weighted by Crippen LogP contribution is 1.99. The van der Waals surface area contributed by atoms with E-state index in [1.54, 1.807) is 19.4 Å². The van der Waals surface area contributed by atoms with Crippen LogP contribution in [0, 0.1) is 0 Å². The maximum absolute atomic E-state index is 4.71. The van der Waals surface area contributed by atoms with Gasteiger partial charge < -0.3 is 14.6 Å². The molecule has 0 atom stereocenters. The predicted octanol–water partition coefficient (Wildman–Crippen LogP) is 1.80. The summed E-state index contributed by atoms with van der Waals surface area (Å²) >= 11 is 0. The van der Waals surface area contributed by atoms with Gasteiger partial charge >= 0.3 is 0 Å². The van der Waals surface area contributed by atoms with E-state index < -0.39 is 0 Å². The lowest BCUT2D eigenvalue weighted by atomic mass is 10.4. The summed E-state index contributed by atoms with van der Waals surface area (Å²) in [5.41, 5.74) is 0. The van der Waals surface area contributed by atoms with Crippen molar-refractivity contribution in [3.8, 4) is 0 Å². The monoisotopic (exact) mass is 180 g/mol. The van der Waals surface area contributed by atoms with Crippen molar-refractivity contribution in [1.29, 1.82) is 0 Å². The van der Waals surface area contributed by atoms with E-state index in [0.29, 0.717) is 6.54 Å². The molecule has 0 aliphatic heterocycles. The Morgan fingerprint density at radius 2 is 2.54 bits per heavy atom. The first kappa shape index (κ1) is 9.38. The Labute approximate surface area is 76.9 Å². The standard InChI is InChI=1S/C9H12N2O2/c1-12-7-4-2-3-6-10-9-5-8-13-11-9/h2-5,7-8H,6H2,1H3,(H,10,11)/b3-2+,7-4+. The second kappa shape index (κ2) is 5.88. The molecule has 0 aliphatic rings. The Balaban J connectivity index is 2.14. The van der Waals surface area contributed by atoms with Crippen molar-refractivity contribution in [3.05, 3.63) is 36.8 Å². The van der Waals surface area contributed by atoms with Crippen LogP contribution >= 0.6 is 0 Å². The highest BCUT2D eigenvalue weighted by Gasteiger charge is 1.89. The molecule has 0 amide bonds. The number of nitrogens with one attached hydrogen (secondary N) is 1. The second-order valence-corrected chi connectivity index (χ2v) is 2.26. The number of hydrogen-bond acceptors (Lipinski definition) is 4. The molecule has 1 heterocycles. The molecule has 0 radical (unpaired) electrons. The summed E-state index contributed by atoms with van der Waals surface area (Å²) < 4.78 is 9.35. The van der Waals surface area contributed by atoms with Crippen LogP contribution in [-0.2, 0) is 4.74 Å². The van der Waals surface area contributed by atoms with E-state index in [0.717, 1.165) is 5.82 Å². The maximum atomic E-state index is 4.71. The van der Waals surface area contributed by atoms with Gasteiger partial charge in [0.25, 0.3) is 0 Å². The maximum Gasteiger partial charge on any atom is 0.169 e. The van der Waals surface area contributed by atoms with E-state index in [9.17, 15) is 0 Å². The first-order chi connectivity index (χ1) is 6.43. The number of aromatic nitrogens is 1. The van der Waals surface area contributed by atoms with Gasteiger partial charge in [-0.05, 0) is 6.08 Å². The molecule has 70 valence electrons. The minimum Gasteiger partial charge on any atom is -0.504 e. The lowest BCUT2D eigenvalue weighted by Crippen LogP contribution is -1.97. The van der Waals surface area contributed by atoms with Gasteiger partial charge in [0.2, 0.25) is 0 Å². The zero-order chi connectivity index (χ0) is 9.36. The lowest BCUT2D eigenvalue weighted by Gasteiger charge is -1.93. The summed E-state index contributed by atoms with van der Waals surface area (Å²) in [6.07, 6.45) is 8.77. The largest absolute Gasteiger partial charge is 0.504 e. The van der Waals surface area contributed by atoms with Gasteiger partial charge in [-0.15, -0.1) is 0 Å². The van der Waals surface area contributed by atoms with Crippen LogP contribution in [-0.4, -0.2) is 18.8 Å². The quantitative estimate of drug-likeness (QED) is 0.554. The lowest BCUT2D eigenvalue weighted by molar-refractivity contribution is 0.338. The summed E-state index contributed by atoms with van der Waals surface area (Å²) in [6.45, 7) is 0.709. The molecule has 1 rings (SSSR count). The Bertz CT molecular complexity index is 265. The van der Waals surface area contributed by atoms with Gasteiger partial charge in [-0.25, -0.2) is 0 Å². The van der Waals surface area contributed by atoms with Gasteiger partial charge in [-0.3, -0.25) is 0 Å². The van der Waals surface area contributed by atoms with Crippen LogP contribution in [0.25, 0.3) is 0 Å². The van der Waals surface area contributed by atoms with Gasteiger partial charge in [-0.2, -0.15) is 0 Å². The number of ether oxygens (including phenoxy) is 1. The van der Waals surface area contributed by atoms with E-state index in [1.165, 1.54) is 6.26 Å². The fraction of sp³-hybridized carbons (Fsp3) is 0.222. The Morgan fingerprint density at radius 1 is 1.62 bits per heavy atom. The number of hydrogen-bond donors (Lipinski definition) is 1. The molecular formula is C9H12N2O2. The van der Waals surface area contributed by atoms with Gasteiger partial charge in [0, 0.05) is 12.6 Å². The number of allylic oxidation sites excluding steroid dienone is 2. The molecule has 0 saturated heterocycles. The van der Waals surface area contributed by atoms with Crippen LogP contribution in [0.2, 0.25) is 0 Å². The minimum absolute atomic E-state index is 0.709. The fourth-order valence-electron chi connectivity index (χ4n) is 0.738. The van der Waals surface area contributed by atoms with Crippen molar-refractivity contribution in [3.63, 3.8) is 0 Å². The molecule has 1 aromatic heterocycles. The zero-order valence-corrected chi connectivity index (χ0v) is 7.43. The zero-order valence-electron chi connectivity index (χ0n) is 7.43. The first-order valence-corrected chi connectivity index (χ1v) is 3.92. The molecule has 0 spiro atoms. The first-order valence-electron chi connectivity index (χ1n) is 3.92. The molecule has 4 heteroatoms. The fourth-order valence-corrected chi connectivity index (χ4v) is 0.738. The molecule has 13 heavy (non-hydrogen) atoms. The summed E-state index contributed by atoms with van der Waals surface area (Å²) in [5.74, 6) is 0.736. The number of nitrogens with zero attached hydrogens (tertiary/aromatic N) is 1. The smallest absolute Gasteiger partial charge is 0.169 e. The van der Waals surface area contributed by atoms with Crippen molar-refractivity contribution in [2.75, 3.05) is 19.0 Å². The van der Waals surface area contributed by atoms with Crippen LogP contribution in [0.15, 0.2) is 41.3 Å². The summed E-state index contributed by atoms with van der Waals surface area (Å²) in [4.78, 5) is 0. The van der Waals surface area contributed by atoms with Gasteiger partial charge in [0.15, 0.2) is 5.82 Å². The topological polar surface area (TPSA) is 47.3 Å². The van der Waals surface area contributed by atoms with E-state index in [2.05, 4.69) is 15.0 Å². The number of anilines is 1. The predicted molar refractivity (Wildman–Crippen MR) is 50.3 cm³/mol. The molecular weight excluding hydrogens is 168 g/mol. The van der Waals surface area contributed by atoms with Crippen molar-refractivity contribution < 1.29 is 9.26 Å². The van der Waals surface area contributed by atoms with Crippen molar-refractivity contribution in [2.45, 2.75) is 0 Å². The number of rotatable bonds is 5. The van der Waals surface area contributed by atoms with E-state index in [1.807, 2.05) is 18.2 Å². The van der Waals surface area contributed by atoms with Crippen molar-refractivity contribution >= 4 is 5.82 Å². The van der Waals surface area contributed by atoms with Crippen LogP contribution in [0.4, 0.5) is 5.82 Å². The van der Waals surface area contributed by atoms with Crippen LogP contribution in [0.5, 0.6) is 0 Å². The second-order valence-electron chi connectivity index (χ2n) is 2.26. The van der Waals surface area contributed by atoms with Crippen LogP contribution in [0.3, 0.4) is 0 Å². The molecule has 0 fully saturated rings. The molecule has 0 saturated carbocycles.